The molecule has 1 aromatic heterocycles. The van der Waals surface area contributed by atoms with Gasteiger partial charge in [-0.15, -0.1) is 0 Å². The van der Waals surface area contributed by atoms with Crippen molar-refractivity contribution in [2.45, 2.75) is 0 Å². The number of ether oxygens (including phenoxy) is 1. The Labute approximate surface area is 121 Å². The highest BCUT2D eigenvalue weighted by Crippen LogP contribution is 2.20. The summed E-state index contributed by atoms with van der Waals surface area (Å²) in [7, 11) is 1.53. The van der Waals surface area contributed by atoms with Crippen molar-refractivity contribution in [1.82, 2.24) is 4.98 Å². The molecule has 0 atom stereocenters. The molecule has 0 bridgehead atoms. The lowest BCUT2D eigenvalue weighted by molar-refractivity contribution is 0.0696. The molecule has 1 aromatic carbocycles. The summed E-state index contributed by atoms with van der Waals surface area (Å²) in [5.74, 6) is 5.09. The quantitative estimate of drug-likeness (QED) is 0.863. The summed E-state index contributed by atoms with van der Waals surface area (Å²) in [5.41, 5.74) is 0.893. The number of nitrogens with zero attached hydrogens (tertiary/aromatic N) is 1. The fourth-order valence-corrected chi connectivity index (χ4v) is 1.79. The third-order valence-electron chi connectivity index (χ3n) is 2.47. The van der Waals surface area contributed by atoms with Crippen molar-refractivity contribution in [3.63, 3.8) is 0 Å². The number of hydrogen-bond donors (Lipinski definition) is 1. The van der Waals surface area contributed by atoms with E-state index in [2.05, 4.69) is 16.8 Å². The minimum Gasteiger partial charge on any atom is -0.497 e. The molecule has 0 fully saturated rings. The standard InChI is InChI=1S/C15H10ClNO3/c1-20-12-8-10(7-11(16)9-12)4-5-14-13(15(18)19)3-2-6-17-14/h2-3,6-9H,1H3,(H,18,19). The van der Waals surface area contributed by atoms with Crippen LogP contribution in [0.5, 0.6) is 5.75 Å². The van der Waals surface area contributed by atoms with Gasteiger partial charge in [0, 0.05) is 16.8 Å². The summed E-state index contributed by atoms with van der Waals surface area (Å²) >= 11 is 5.93. The molecule has 1 heterocycles. The van der Waals surface area contributed by atoms with E-state index in [0.717, 1.165) is 0 Å². The fraction of sp³-hybridized carbons (Fsp3) is 0.0667. The van der Waals surface area contributed by atoms with Gasteiger partial charge in [0.1, 0.15) is 11.4 Å². The number of carboxylic acid groups (broad SMARTS) is 1. The molecule has 0 amide bonds. The predicted molar refractivity (Wildman–Crippen MR) is 75.2 cm³/mol. The van der Waals surface area contributed by atoms with Crippen molar-refractivity contribution < 1.29 is 14.6 Å². The molecule has 0 saturated heterocycles. The van der Waals surface area contributed by atoms with E-state index < -0.39 is 5.97 Å². The van der Waals surface area contributed by atoms with Gasteiger partial charge in [0.15, 0.2) is 0 Å². The van der Waals surface area contributed by atoms with Crippen molar-refractivity contribution in [3.8, 4) is 17.6 Å². The first-order valence-corrected chi connectivity index (χ1v) is 6.03. The summed E-state index contributed by atoms with van der Waals surface area (Å²) in [6.07, 6.45) is 1.50. The first kappa shape index (κ1) is 13.9. The first-order chi connectivity index (χ1) is 9.60. The number of aromatic carboxylic acids is 1. The van der Waals surface area contributed by atoms with Crippen LogP contribution in [0.15, 0.2) is 36.5 Å². The van der Waals surface area contributed by atoms with Crippen molar-refractivity contribution in [2.75, 3.05) is 7.11 Å². The maximum Gasteiger partial charge on any atom is 0.338 e. The molecule has 4 nitrogen and oxygen atoms in total. The topological polar surface area (TPSA) is 59.4 Å². The molecule has 2 aromatic rings. The Bertz CT molecular complexity index is 717. The van der Waals surface area contributed by atoms with Gasteiger partial charge in [-0.25, -0.2) is 9.78 Å². The van der Waals surface area contributed by atoms with Gasteiger partial charge in [-0.05, 0) is 36.3 Å². The molecular weight excluding hydrogens is 278 g/mol. The van der Waals surface area contributed by atoms with Crippen LogP contribution in [-0.2, 0) is 0 Å². The number of halogens is 1. The van der Waals surface area contributed by atoms with Crippen molar-refractivity contribution in [3.05, 3.63) is 58.4 Å². The normalized spacial score (nSPS) is 9.50. The minimum absolute atomic E-state index is 0.0639. The highest BCUT2D eigenvalue weighted by Gasteiger charge is 2.07. The Morgan fingerprint density at radius 3 is 2.85 bits per heavy atom. The maximum absolute atomic E-state index is 11.0. The second kappa shape index (κ2) is 6.09. The Balaban J connectivity index is 2.41. The van der Waals surface area contributed by atoms with E-state index >= 15 is 0 Å². The van der Waals surface area contributed by atoms with E-state index in [1.54, 1.807) is 24.3 Å². The molecule has 100 valence electrons. The number of carbonyl (C=O) groups is 1. The summed E-state index contributed by atoms with van der Waals surface area (Å²) < 4.78 is 5.09. The number of carboxylic acids is 1. The summed E-state index contributed by atoms with van der Waals surface area (Å²) in [6, 6.07) is 8.05. The summed E-state index contributed by atoms with van der Waals surface area (Å²) in [4.78, 5) is 15.0. The summed E-state index contributed by atoms with van der Waals surface area (Å²) in [6.45, 7) is 0. The lowest BCUT2D eigenvalue weighted by Crippen LogP contribution is -2.01. The molecule has 0 aliphatic rings. The van der Waals surface area contributed by atoms with Gasteiger partial charge in [-0.3, -0.25) is 0 Å². The van der Waals surface area contributed by atoms with Crippen molar-refractivity contribution >= 4 is 17.6 Å². The number of pyridine rings is 1. The molecule has 0 saturated carbocycles. The molecule has 0 spiro atoms. The van der Waals surface area contributed by atoms with Crippen LogP contribution in [-0.4, -0.2) is 23.2 Å². The Morgan fingerprint density at radius 2 is 2.15 bits per heavy atom. The largest absolute Gasteiger partial charge is 0.497 e. The maximum atomic E-state index is 11.0. The van der Waals surface area contributed by atoms with Crippen LogP contribution in [0.3, 0.4) is 0 Å². The average Bonchev–Trinajstić information content (AvgIpc) is 2.44. The molecule has 0 unspecified atom stereocenters. The highest BCUT2D eigenvalue weighted by molar-refractivity contribution is 6.30. The average molecular weight is 288 g/mol. The molecule has 1 N–H and O–H groups in total. The zero-order chi connectivity index (χ0) is 14.5. The van der Waals surface area contributed by atoms with E-state index in [4.69, 9.17) is 21.4 Å². The molecular formula is C15H10ClNO3. The second-order valence-electron chi connectivity index (χ2n) is 3.83. The van der Waals surface area contributed by atoms with Crippen LogP contribution in [0.1, 0.15) is 21.6 Å². The van der Waals surface area contributed by atoms with Crippen molar-refractivity contribution in [2.24, 2.45) is 0 Å². The predicted octanol–water partition coefficient (Wildman–Crippen LogP) is 2.84. The SMILES string of the molecule is COc1cc(Cl)cc(C#Cc2ncccc2C(=O)O)c1. The monoisotopic (exact) mass is 287 g/mol. The van der Waals surface area contributed by atoms with Crippen LogP contribution < -0.4 is 4.74 Å². The first-order valence-electron chi connectivity index (χ1n) is 5.65. The third-order valence-corrected chi connectivity index (χ3v) is 2.69. The van der Waals surface area contributed by atoms with Crippen LogP contribution in [0.4, 0.5) is 0 Å². The zero-order valence-electron chi connectivity index (χ0n) is 10.6. The van der Waals surface area contributed by atoms with Crippen LogP contribution in [0.2, 0.25) is 5.02 Å². The van der Waals surface area contributed by atoms with Crippen LogP contribution in [0, 0.1) is 11.8 Å². The Hall–Kier alpha value is -2.51. The second-order valence-corrected chi connectivity index (χ2v) is 4.27. The van der Waals surface area contributed by atoms with Crippen molar-refractivity contribution in [1.29, 1.82) is 0 Å². The van der Waals surface area contributed by atoms with Gasteiger partial charge in [0.25, 0.3) is 0 Å². The fourth-order valence-electron chi connectivity index (χ4n) is 1.56. The molecule has 2 rings (SSSR count). The van der Waals surface area contributed by atoms with E-state index in [-0.39, 0.29) is 11.3 Å². The highest BCUT2D eigenvalue weighted by atomic mass is 35.5. The number of rotatable bonds is 2. The van der Waals surface area contributed by atoms with Gasteiger partial charge < -0.3 is 9.84 Å². The van der Waals surface area contributed by atoms with E-state index in [9.17, 15) is 4.79 Å². The number of benzene rings is 1. The van der Waals surface area contributed by atoms with Gasteiger partial charge in [0.2, 0.25) is 0 Å². The van der Waals surface area contributed by atoms with E-state index in [1.807, 2.05) is 0 Å². The van der Waals surface area contributed by atoms with Gasteiger partial charge in [-0.2, -0.15) is 0 Å². The lowest BCUT2D eigenvalue weighted by Gasteiger charge is -2.01. The molecule has 20 heavy (non-hydrogen) atoms. The molecule has 0 aliphatic heterocycles. The van der Waals surface area contributed by atoms with Crippen LogP contribution >= 0.6 is 11.6 Å². The Morgan fingerprint density at radius 1 is 1.35 bits per heavy atom. The minimum atomic E-state index is -1.06. The zero-order valence-corrected chi connectivity index (χ0v) is 11.3. The molecule has 0 aliphatic carbocycles. The number of hydrogen-bond acceptors (Lipinski definition) is 3. The van der Waals surface area contributed by atoms with Gasteiger partial charge in [0.05, 0.1) is 12.7 Å². The van der Waals surface area contributed by atoms with Crippen LogP contribution in [0.25, 0.3) is 0 Å². The van der Waals surface area contributed by atoms with Gasteiger partial charge >= 0.3 is 5.97 Å². The van der Waals surface area contributed by atoms with E-state index in [1.165, 1.54) is 19.4 Å². The number of aromatic nitrogens is 1. The smallest absolute Gasteiger partial charge is 0.338 e. The van der Waals surface area contributed by atoms with Gasteiger partial charge in [-0.1, -0.05) is 17.5 Å². The third kappa shape index (κ3) is 3.28. The summed E-state index contributed by atoms with van der Waals surface area (Å²) in [5, 5.41) is 9.53. The Kier molecular flexibility index (Phi) is 4.24. The molecule has 5 heteroatoms. The molecule has 0 radical (unpaired) electrons. The van der Waals surface area contributed by atoms with E-state index in [0.29, 0.717) is 16.3 Å². The lowest BCUT2D eigenvalue weighted by atomic mass is 10.1. The number of methoxy groups -OCH3 is 1.